The van der Waals surface area contributed by atoms with Gasteiger partial charge in [0.1, 0.15) is 17.4 Å². The summed E-state index contributed by atoms with van der Waals surface area (Å²) in [4.78, 5) is 8.51. The van der Waals surface area contributed by atoms with Crippen LogP contribution >= 0.6 is 11.3 Å². The average Bonchev–Trinajstić information content (AvgIpc) is 2.86. The third-order valence-corrected chi connectivity index (χ3v) is 3.22. The highest BCUT2D eigenvalue weighted by atomic mass is 32.1. The molecule has 1 N–H and O–H groups in total. The first kappa shape index (κ1) is 13.0. The molecule has 0 aliphatic heterocycles. The van der Waals surface area contributed by atoms with Gasteiger partial charge < -0.3 is 10.1 Å². The minimum atomic E-state index is 0.496. The van der Waals surface area contributed by atoms with E-state index in [1.54, 1.807) is 23.7 Å². The first-order valence-corrected chi connectivity index (χ1v) is 6.93. The normalized spacial score (nSPS) is 10.5. The van der Waals surface area contributed by atoms with Gasteiger partial charge in [0.05, 0.1) is 11.9 Å². The number of ether oxygens (including phenoxy) is 1. The van der Waals surface area contributed by atoms with Gasteiger partial charge in [0, 0.05) is 18.1 Å². The van der Waals surface area contributed by atoms with Crippen LogP contribution in [0.4, 0.5) is 0 Å². The smallest absolute Gasteiger partial charge is 0.138 e. The topological polar surface area (TPSA) is 47.0 Å². The highest BCUT2D eigenvalue weighted by molar-refractivity contribution is 7.09. The van der Waals surface area contributed by atoms with Crippen molar-refractivity contribution in [3.8, 4) is 5.75 Å². The molecule has 0 atom stereocenters. The van der Waals surface area contributed by atoms with Gasteiger partial charge in [-0.1, -0.05) is 6.92 Å². The Morgan fingerprint density at radius 2 is 2.39 bits per heavy atom. The van der Waals surface area contributed by atoms with Gasteiger partial charge in [0.25, 0.3) is 0 Å². The maximum absolute atomic E-state index is 5.59. The van der Waals surface area contributed by atoms with Crippen LogP contribution in [-0.4, -0.2) is 16.5 Å². The van der Waals surface area contributed by atoms with Gasteiger partial charge in [-0.3, -0.25) is 4.98 Å². The number of hydrogen-bond donors (Lipinski definition) is 1. The number of pyridine rings is 1. The molecule has 0 aliphatic carbocycles. The van der Waals surface area contributed by atoms with Gasteiger partial charge in [-0.2, -0.15) is 0 Å². The number of nitrogens with one attached hydrogen (secondary N) is 1. The number of hydrogen-bond acceptors (Lipinski definition) is 5. The summed E-state index contributed by atoms with van der Waals surface area (Å²) in [6.07, 6.45) is 4.58. The van der Waals surface area contributed by atoms with Crippen LogP contribution in [0.25, 0.3) is 0 Å². The molecule has 0 saturated carbocycles. The summed E-state index contributed by atoms with van der Waals surface area (Å²) >= 11 is 1.67. The minimum absolute atomic E-state index is 0.496. The Morgan fingerprint density at radius 3 is 3.17 bits per heavy atom. The lowest BCUT2D eigenvalue weighted by molar-refractivity contribution is 0.300. The third kappa shape index (κ3) is 4.09. The molecule has 2 aromatic rings. The summed E-state index contributed by atoms with van der Waals surface area (Å²) < 4.78 is 5.59. The van der Waals surface area contributed by atoms with Crippen molar-refractivity contribution in [1.29, 1.82) is 0 Å². The lowest BCUT2D eigenvalue weighted by Gasteiger charge is -2.02. The highest BCUT2D eigenvalue weighted by Gasteiger charge is 2.02. The second-order valence-corrected chi connectivity index (χ2v) is 4.83. The fourth-order valence-electron chi connectivity index (χ4n) is 1.46. The summed E-state index contributed by atoms with van der Waals surface area (Å²) in [6.45, 7) is 4.52. The molecule has 2 rings (SSSR count). The lowest BCUT2D eigenvalue weighted by atomic mass is 10.4. The summed E-state index contributed by atoms with van der Waals surface area (Å²) in [7, 11) is 0. The van der Waals surface area contributed by atoms with E-state index in [9.17, 15) is 0 Å². The SMILES string of the molecule is CCCNCc1nc(COc2cccnc2)cs1. The molecule has 0 amide bonds. The van der Waals surface area contributed by atoms with Crippen LogP contribution in [0.1, 0.15) is 24.0 Å². The van der Waals surface area contributed by atoms with E-state index >= 15 is 0 Å². The zero-order chi connectivity index (χ0) is 12.6. The van der Waals surface area contributed by atoms with Crippen molar-refractivity contribution in [1.82, 2.24) is 15.3 Å². The number of aromatic nitrogens is 2. The van der Waals surface area contributed by atoms with Crippen molar-refractivity contribution in [3.63, 3.8) is 0 Å². The van der Waals surface area contributed by atoms with Crippen LogP contribution in [-0.2, 0) is 13.2 Å². The number of rotatable bonds is 7. The summed E-state index contributed by atoms with van der Waals surface area (Å²) in [6, 6.07) is 3.75. The maximum Gasteiger partial charge on any atom is 0.138 e. The van der Waals surface area contributed by atoms with E-state index in [-0.39, 0.29) is 0 Å². The Balaban J connectivity index is 1.80. The van der Waals surface area contributed by atoms with Gasteiger partial charge >= 0.3 is 0 Å². The van der Waals surface area contributed by atoms with Crippen LogP contribution in [0.15, 0.2) is 29.9 Å². The fourth-order valence-corrected chi connectivity index (χ4v) is 2.21. The summed E-state index contributed by atoms with van der Waals surface area (Å²) in [5.74, 6) is 0.774. The zero-order valence-electron chi connectivity index (χ0n) is 10.4. The standard InChI is InChI=1S/C13H17N3OS/c1-2-5-14-8-13-16-11(10-18-13)9-17-12-4-3-6-15-7-12/h3-4,6-7,10,14H,2,5,8-9H2,1H3. The maximum atomic E-state index is 5.59. The first-order valence-electron chi connectivity index (χ1n) is 6.05. The molecule has 0 radical (unpaired) electrons. The molecule has 0 spiro atoms. The summed E-state index contributed by atoms with van der Waals surface area (Å²) in [5, 5.41) is 6.48. The Labute approximate surface area is 111 Å². The molecule has 0 aliphatic rings. The van der Waals surface area contributed by atoms with Crippen LogP contribution in [0, 0.1) is 0 Å². The van der Waals surface area contributed by atoms with Crippen molar-refractivity contribution in [2.45, 2.75) is 26.5 Å². The Hall–Kier alpha value is -1.46. The molecule has 18 heavy (non-hydrogen) atoms. The minimum Gasteiger partial charge on any atom is -0.486 e. The molecule has 0 saturated heterocycles. The van der Waals surface area contributed by atoms with E-state index in [0.29, 0.717) is 6.61 Å². The number of thiazole rings is 1. The zero-order valence-corrected chi connectivity index (χ0v) is 11.2. The lowest BCUT2D eigenvalue weighted by Crippen LogP contribution is -2.13. The van der Waals surface area contributed by atoms with Crippen molar-refractivity contribution in [2.75, 3.05) is 6.54 Å². The molecule has 0 fully saturated rings. The second-order valence-electron chi connectivity index (χ2n) is 3.89. The molecular weight excluding hydrogens is 246 g/mol. The van der Waals surface area contributed by atoms with Gasteiger partial charge in [0.2, 0.25) is 0 Å². The van der Waals surface area contributed by atoms with E-state index in [1.165, 1.54) is 0 Å². The Kier molecular flexibility index (Phi) is 5.11. The van der Waals surface area contributed by atoms with Gasteiger partial charge in [-0.05, 0) is 25.1 Å². The number of nitrogens with zero attached hydrogens (tertiary/aromatic N) is 2. The van der Waals surface area contributed by atoms with Crippen LogP contribution in [0.2, 0.25) is 0 Å². The first-order chi connectivity index (χ1) is 8.88. The van der Waals surface area contributed by atoms with Crippen molar-refractivity contribution in [3.05, 3.63) is 40.6 Å². The van der Waals surface area contributed by atoms with Crippen molar-refractivity contribution < 1.29 is 4.74 Å². The summed E-state index contributed by atoms with van der Waals surface area (Å²) in [5.41, 5.74) is 0.970. The molecular formula is C13H17N3OS. The Morgan fingerprint density at radius 1 is 1.44 bits per heavy atom. The van der Waals surface area contributed by atoms with Crippen LogP contribution < -0.4 is 10.1 Å². The van der Waals surface area contributed by atoms with Crippen LogP contribution in [0.3, 0.4) is 0 Å². The monoisotopic (exact) mass is 263 g/mol. The Bertz CT molecular complexity index is 458. The highest BCUT2D eigenvalue weighted by Crippen LogP contribution is 2.13. The van der Waals surface area contributed by atoms with Crippen LogP contribution in [0.5, 0.6) is 5.75 Å². The van der Waals surface area contributed by atoms with E-state index in [0.717, 1.165) is 36.0 Å². The van der Waals surface area contributed by atoms with E-state index in [2.05, 4.69) is 22.2 Å². The largest absolute Gasteiger partial charge is 0.486 e. The molecule has 2 heterocycles. The van der Waals surface area contributed by atoms with Gasteiger partial charge in [-0.15, -0.1) is 11.3 Å². The predicted octanol–water partition coefficient (Wildman–Crippen LogP) is 2.62. The van der Waals surface area contributed by atoms with Crippen molar-refractivity contribution in [2.24, 2.45) is 0 Å². The van der Waals surface area contributed by atoms with E-state index in [1.807, 2.05) is 17.5 Å². The molecule has 0 unspecified atom stereocenters. The predicted molar refractivity (Wildman–Crippen MR) is 72.7 cm³/mol. The third-order valence-electron chi connectivity index (χ3n) is 2.32. The average molecular weight is 263 g/mol. The molecule has 5 heteroatoms. The quantitative estimate of drug-likeness (QED) is 0.780. The molecule has 0 aromatic carbocycles. The molecule has 0 bridgehead atoms. The van der Waals surface area contributed by atoms with E-state index in [4.69, 9.17) is 4.74 Å². The molecule has 2 aromatic heterocycles. The van der Waals surface area contributed by atoms with Gasteiger partial charge in [0.15, 0.2) is 0 Å². The second kappa shape index (κ2) is 7.08. The van der Waals surface area contributed by atoms with E-state index < -0.39 is 0 Å². The van der Waals surface area contributed by atoms with Gasteiger partial charge in [-0.25, -0.2) is 4.98 Å². The van der Waals surface area contributed by atoms with Crippen molar-refractivity contribution >= 4 is 11.3 Å². The molecule has 4 nitrogen and oxygen atoms in total. The molecule has 96 valence electrons. The fraction of sp³-hybridized carbons (Fsp3) is 0.385.